The highest BCUT2D eigenvalue weighted by atomic mass is 32.1. The highest BCUT2D eigenvalue weighted by molar-refractivity contribution is 7.80. The van der Waals surface area contributed by atoms with E-state index in [9.17, 15) is 45.3 Å². The number of aliphatic hydroxyl groups is 7. The molecule has 37 heavy (non-hydrogen) atoms. The highest BCUT2D eigenvalue weighted by Crippen LogP contribution is 2.35. The van der Waals surface area contributed by atoms with Crippen molar-refractivity contribution in [1.29, 1.82) is 0 Å². The fraction of sp³-hybridized carbons (Fsp3) is 0.909. The van der Waals surface area contributed by atoms with Crippen molar-refractivity contribution in [2.24, 2.45) is 0 Å². The molecule has 0 spiro atoms. The number of aliphatic hydroxyl groups excluding tert-OH is 7. The predicted molar refractivity (Wildman–Crippen MR) is 127 cm³/mol. The van der Waals surface area contributed by atoms with Crippen LogP contribution >= 0.6 is 12.6 Å². The predicted octanol–water partition coefficient (Wildman–Crippen LogP) is -3.81. The van der Waals surface area contributed by atoms with Crippen LogP contribution in [0.15, 0.2) is 0 Å². The summed E-state index contributed by atoms with van der Waals surface area (Å²) in [5.41, 5.74) is -3.02. The quantitative estimate of drug-likeness (QED) is 0.0980. The SMILES string of the molecule is CC(=O)NC(CCS)(C(=O)OC(C)(C)C)[C@@H]1O[C@H](CO)[C@@H](O[C@H]2O[C@H](CO)[C@@H](O)[C@H](O)[C@H]2O)[C@H](O)[C@H]1O. The molecule has 8 N–H and O–H groups in total. The van der Waals surface area contributed by atoms with E-state index in [4.69, 9.17) is 18.9 Å². The van der Waals surface area contributed by atoms with Crippen molar-refractivity contribution in [2.45, 2.75) is 106 Å². The molecule has 11 atom stereocenters. The molecule has 0 saturated carbocycles. The van der Waals surface area contributed by atoms with Gasteiger partial charge >= 0.3 is 5.97 Å². The molecule has 15 heteroatoms. The van der Waals surface area contributed by atoms with Gasteiger partial charge in [-0.2, -0.15) is 12.6 Å². The molecule has 2 aliphatic heterocycles. The second-order valence-electron chi connectivity index (χ2n) is 10.2. The van der Waals surface area contributed by atoms with Crippen molar-refractivity contribution in [1.82, 2.24) is 5.32 Å². The summed E-state index contributed by atoms with van der Waals surface area (Å²) in [5, 5.41) is 74.2. The zero-order valence-corrected chi connectivity index (χ0v) is 22.0. The van der Waals surface area contributed by atoms with Gasteiger partial charge in [-0.3, -0.25) is 4.79 Å². The number of amides is 1. The molecule has 0 aromatic rings. The maximum absolute atomic E-state index is 13.4. The Bertz CT molecular complexity index is 778. The van der Waals surface area contributed by atoms with E-state index in [0.717, 1.165) is 6.92 Å². The van der Waals surface area contributed by atoms with Crippen molar-refractivity contribution < 1.29 is 64.3 Å². The van der Waals surface area contributed by atoms with Gasteiger partial charge in [-0.1, -0.05) is 0 Å². The normalized spacial score (nSPS) is 38.5. The lowest BCUT2D eigenvalue weighted by atomic mass is 9.80. The van der Waals surface area contributed by atoms with Crippen LogP contribution in [0.1, 0.15) is 34.1 Å². The monoisotopic (exact) mass is 557 g/mol. The van der Waals surface area contributed by atoms with Gasteiger partial charge in [0.1, 0.15) is 60.5 Å². The number of carbonyl (C=O) groups is 2. The number of thiol groups is 1. The Kier molecular flexibility index (Phi) is 11.1. The first kappa shape index (κ1) is 32.1. The third-order valence-electron chi connectivity index (χ3n) is 6.16. The Morgan fingerprint density at radius 2 is 1.49 bits per heavy atom. The molecule has 216 valence electrons. The maximum atomic E-state index is 13.4. The van der Waals surface area contributed by atoms with Crippen LogP contribution in [0.25, 0.3) is 0 Å². The molecule has 1 amide bonds. The summed E-state index contributed by atoms with van der Waals surface area (Å²) in [6.45, 7) is 4.38. The Hall–Kier alpha value is -1.11. The van der Waals surface area contributed by atoms with E-state index in [-0.39, 0.29) is 12.2 Å². The van der Waals surface area contributed by atoms with E-state index in [1.807, 2.05) is 0 Å². The van der Waals surface area contributed by atoms with E-state index in [1.165, 1.54) is 0 Å². The molecular formula is C22H39NO13S. The lowest BCUT2D eigenvalue weighted by molar-refractivity contribution is -0.344. The molecule has 14 nitrogen and oxygen atoms in total. The fourth-order valence-electron chi connectivity index (χ4n) is 4.40. The average molecular weight is 558 g/mol. The van der Waals surface area contributed by atoms with Crippen LogP contribution in [-0.2, 0) is 28.5 Å². The first-order chi connectivity index (χ1) is 17.1. The Balaban J connectivity index is 2.41. The van der Waals surface area contributed by atoms with Gasteiger partial charge in [0, 0.05) is 6.92 Å². The largest absolute Gasteiger partial charge is 0.458 e. The Labute approximate surface area is 219 Å². The molecule has 0 aromatic carbocycles. The topological polar surface area (TPSA) is 225 Å². The minimum absolute atomic E-state index is 0.0246. The minimum Gasteiger partial charge on any atom is -0.458 e. The Morgan fingerprint density at radius 1 is 0.892 bits per heavy atom. The fourth-order valence-corrected chi connectivity index (χ4v) is 4.75. The molecule has 0 radical (unpaired) electrons. The molecular weight excluding hydrogens is 518 g/mol. The van der Waals surface area contributed by atoms with Crippen LogP contribution in [-0.4, -0.2) is 139 Å². The van der Waals surface area contributed by atoms with Crippen LogP contribution in [0.2, 0.25) is 0 Å². The van der Waals surface area contributed by atoms with Crippen molar-refractivity contribution in [3.05, 3.63) is 0 Å². The van der Waals surface area contributed by atoms with Crippen molar-refractivity contribution in [3.8, 4) is 0 Å². The lowest BCUT2D eigenvalue weighted by Gasteiger charge is -2.50. The number of ether oxygens (including phenoxy) is 4. The van der Waals surface area contributed by atoms with Crippen LogP contribution < -0.4 is 5.32 Å². The molecule has 2 fully saturated rings. The molecule has 2 rings (SSSR count). The summed E-state index contributed by atoms with van der Waals surface area (Å²) in [6, 6.07) is 0. The average Bonchev–Trinajstić information content (AvgIpc) is 2.80. The summed E-state index contributed by atoms with van der Waals surface area (Å²) < 4.78 is 22.2. The number of carbonyl (C=O) groups excluding carboxylic acids is 2. The molecule has 0 bridgehead atoms. The summed E-state index contributed by atoms with van der Waals surface area (Å²) in [6.07, 6.45) is -16.9. The van der Waals surface area contributed by atoms with E-state index in [1.54, 1.807) is 20.8 Å². The molecule has 2 saturated heterocycles. The number of rotatable bonds is 9. The number of hydrogen-bond acceptors (Lipinski definition) is 14. The smallest absolute Gasteiger partial charge is 0.335 e. The zero-order valence-electron chi connectivity index (χ0n) is 21.1. The second-order valence-corrected chi connectivity index (χ2v) is 10.6. The zero-order chi connectivity index (χ0) is 28.3. The van der Waals surface area contributed by atoms with E-state index in [0.29, 0.717) is 0 Å². The van der Waals surface area contributed by atoms with Gasteiger partial charge in [0.2, 0.25) is 5.91 Å². The number of nitrogens with one attached hydrogen (secondary N) is 1. The summed E-state index contributed by atoms with van der Waals surface area (Å²) in [4.78, 5) is 25.5. The van der Waals surface area contributed by atoms with E-state index < -0.39 is 97.5 Å². The third-order valence-corrected chi connectivity index (χ3v) is 6.38. The van der Waals surface area contributed by atoms with Crippen LogP contribution in [0, 0.1) is 0 Å². The van der Waals surface area contributed by atoms with Gasteiger partial charge in [-0.15, -0.1) is 0 Å². The van der Waals surface area contributed by atoms with Gasteiger partial charge in [0.15, 0.2) is 11.8 Å². The summed E-state index contributed by atoms with van der Waals surface area (Å²) in [7, 11) is 0. The first-order valence-electron chi connectivity index (χ1n) is 11.8. The van der Waals surface area contributed by atoms with Gasteiger partial charge in [-0.05, 0) is 32.9 Å². The summed E-state index contributed by atoms with van der Waals surface area (Å²) >= 11 is 4.17. The lowest BCUT2D eigenvalue weighted by Crippen LogP contribution is -2.73. The molecule has 2 heterocycles. The molecule has 0 aliphatic carbocycles. The number of esters is 1. The maximum Gasteiger partial charge on any atom is 0.335 e. The van der Waals surface area contributed by atoms with Crippen molar-refractivity contribution in [3.63, 3.8) is 0 Å². The molecule has 1 unspecified atom stereocenters. The first-order valence-corrected chi connectivity index (χ1v) is 12.5. The summed E-state index contributed by atoms with van der Waals surface area (Å²) in [5.74, 6) is -1.61. The van der Waals surface area contributed by atoms with Crippen molar-refractivity contribution >= 4 is 24.5 Å². The van der Waals surface area contributed by atoms with Crippen LogP contribution in [0.5, 0.6) is 0 Å². The number of hydrogen-bond donors (Lipinski definition) is 9. The van der Waals surface area contributed by atoms with Gasteiger partial charge in [-0.25, -0.2) is 4.79 Å². The van der Waals surface area contributed by atoms with E-state index in [2.05, 4.69) is 17.9 Å². The second kappa shape index (κ2) is 12.8. The van der Waals surface area contributed by atoms with Gasteiger partial charge in [0.25, 0.3) is 0 Å². The third kappa shape index (κ3) is 7.10. The van der Waals surface area contributed by atoms with Gasteiger partial charge < -0.3 is 60.0 Å². The molecule has 2 aliphatic rings. The van der Waals surface area contributed by atoms with Crippen LogP contribution in [0.3, 0.4) is 0 Å². The van der Waals surface area contributed by atoms with Crippen LogP contribution in [0.4, 0.5) is 0 Å². The van der Waals surface area contributed by atoms with Crippen molar-refractivity contribution in [2.75, 3.05) is 19.0 Å². The highest BCUT2D eigenvalue weighted by Gasteiger charge is 2.59. The standard InChI is InChI=1S/C22H39NO13S/c1-9(26)23-22(5-6-37,20(32)36-21(2,3)4)18-15(30)14(29)17(11(8-25)33-18)35-19-16(31)13(28)12(27)10(7-24)34-19/h10-19,24-25,27-31,37H,5-8H2,1-4H3,(H,23,26)/t10-,11-,12-,13+,14-,15-,16-,17-,18-,19-,22?/m1/s1. The van der Waals surface area contributed by atoms with E-state index >= 15 is 0 Å². The van der Waals surface area contributed by atoms with Gasteiger partial charge in [0.05, 0.1) is 13.2 Å². The Morgan fingerprint density at radius 3 is 1.97 bits per heavy atom. The minimum atomic E-state index is -2.03. The molecule has 0 aromatic heterocycles.